The van der Waals surface area contributed by atoms with E-state index in [1.807, 2.05) is 41.3 Å². The number of aromatic nitrogens is 1. The Labute approximate surface area is 171 Å². The molecule has 0 fully saturated rings. The molecule has 29 heavy (non-hydrogen) atoms. The van der Waals surface area contributed by atoms with Crippen molar-refractivity contribution in [2.45, 2.75) is 52.1 Å². The molecule has 0 saturated carbocycles. The number of aryl methyl sites for hydroxylation is 1. The molecule has 1 aliphatic carbocycles. The first-order valence-corrected chi connectivity index (χ1v) is 10.5. The lowest BCUT2D eigenvalue weighted by Crippen LogP contribution is -2.38. The summed E-state index contributed by atoms with van der Waals surface area (Å²) < 4.78 is 0. The molecule has 150 valence electrons. The van der Waals surface area contributed by atoms with Gasteiger partial charge in [0.15, 0.2) is 0 Å². The first-order chi connectivity index (χ1) is 14.0. The number of pyridine rings is 1. The van der Waals surface area contributed by atoms with Gasteiger partial charge in [-0.3, -0.25) is 9.59 Å². The smallest absolute Gasteiger partial charge is 0.253 e. The number of carbonyl (C=O) groups is 1. The van der Waals surface area contributed by atoms with E-state index >= 15 is 0 Å². The summed E-state index contributed by atoms with van der Waals surface area (Å²) in [6.07, 6.45) is 3.53. The van der Waals surface area contributed by atoms with Crippen molar-refractivity contribution in [2.24, 2.45) is 5.92 Å². The normalized spacial score (nSPS) is 16.0. The molecule has 1 heterocycles. The zero-order valence-corrected chi connectivity index (χ0v) is 17.2. The highest BCUT2D eigenvalue weighted by Crippen LogP contribution is 2.35. The predicted molar refractivity (Wildman–Crippen MR) is 117 cm³/mol. The van der Waals surface area contributed by atoms with Crippen LogP contribution in [0.15, 0.2) is 59.4 Å². The van der Waals surface area contributed by atoms with Crippen LogP contribution < -0.4 is 5.56 Å². The molecule has 4 rings (SSSR count). The molecule has 1 atom stereocenters. The number of H-pyrrole nitrogens is 1. The van der Waals surface area contributed by atoms with E-state index in [2.05, 4.69) is 37.0 Å². The van der Waals surface area contributed by atoms with Gasteiger partial charge in [0.25, 0.3) is 5.56 Å². The minimum Gasteiger partial charge on any atom is -0.331 e. The summed E-state index contributed by atoms with van der Waals surface area (Å²) in [7, 11) is 0. The van der Waals surface area contributed by atoms with E-state index in [0.717, 1.165) is 30.2 Å². The zero-order chi connectivity index (χ0) is 20.4. The lowest BCUT2D eigenvalue weighted by Gasteiger charge is -2.36. The maximum atomic E-state index is 13.3. The number of benzene rings is 2. The Morgan fingerprint density at radius 2 is 1.90 bits per heavy atom. The summed E-state index contributed by atoms with van der Waals surface area (Å²) in [5.41, 5.74) is 3.90. The van der Waals surface area contributed by atoms with Crippen molar-refractivity contribution < 1.29 is 4.79 Å². The van der Waals surface area contributed by atoms with Gasteiger partial charge in [-0.05, 0) is 53.8 Å². The van der Waals surface area contributed by atoms with Crippen LogP contribution in [0.25, 0.3) is 10.9 Å². The van der Waals surface area contributed by atoms with Crippen LogP contribution in [-0.4, -0.2) is 15.8 Å². The summed E-state index contributed by atoms with van der Waals surface area (Å²) in [6, 6.07) is 18.1. The van der Waals surface area contributed by atoms with E-state index in [1.54, 1.807) is 0 Å². The fraction of sp³-hybridized carbons (Fsp3) is 0.360. The number of fused-ring (bicyclic) bond motifs is 2. The molecule has 0 aliphatic heterocycles. The Morgan fingerprint density at radius 3 is 2.72 bits per heavy atom. The molecule has 0 radical (unpaired) electrons. The highest BCUT2D eigenvalue weighted by molar-refractivity contribution is 5.79. The van der Waals surface area contributed by atoms with E-state index in [1.165, 1.54) is 11.1 Å². The third-order valence-electron chi connectivity index (χ3n) is 5.79. The van der Waals surface area contributed by atoms with Crippen LogP contribution in [0, 0.1) is 5.92 Å². The first kappa shape index (κ1) is 19.4. The number of hydrogen-bond acceptors (Lipinski definition) is 2. The maximum Gasteiger partial charge on any atom is 0.253 e. The molecule has 0 bridgehead atoms. The van der Waals surface area contributed by atoms with Crippen LogP contribution in [0.5, 0.6) is 0 Å². The van der Waals surface area contributed by atoms with Crippen molar-refractivity contribution in [2.75, 3.05) is 0 Å². The van der Waals surface area contributed by atoms with Gasteiger partial charge in [0.2, 0.25) is 5.91 Å². The fourth-order valence-electron chi connectivity index (χ4n) is 4.38. The van der Waals surface area contributed by atoms with Crippen molar-refractivity contribution in [1.82, 2.24) is 9.88 Å². The SMILES string of the molecule is CC(C)CC(=O)N(Cc1cc2ccccc2[nH]c1=O)C1CCCc2ccccc21. The third kappa shape index (κ3) is 4.12. The summed E-state index contributed by atoms with van der Waals surface area (Å²) in [5, 5.41) is 0.988. The Kier molecular flexibility index (Phi) is 5.52. The molecular weight excluding hydrogens is 360 g/mol. The second-order valence-corrected chi connectivity index (χ2v) is 8.44. The fourth-order valence-corrected chi connectivity index (χ4v) is 4.38. The molecular formula is C25H28N2O2. The molecule has 4 nitrogen and oxygen atoms in total. The standard InChI is InChI=1S/C25H28N2O2/c1-17(2)14-24(28)27(23-13-7-10-18-8-3-5-11-21(18)23)16-20-15-19-9-4-6-12-22(19)26-25(20)29/h3-6,8-9,11-12,15,17,23H,7,10,13-14,16H2,1-2H3,(H,26,29). The van der Waals surface area contributed by atoms with E-state index in [4.69, 9.17) is 0 Å². The minimum absolute atomic E-state index is 0.0251. The maximum absolute atomic E-state index is 13.3. The highest BCUT2D eigenvalue weighted by atomic mass is 16.2. The number of hydrogen-bond donors (Lipinski definition) is 1. The molecule has 0 saturated heterocycles. The van der Waals surface area contributed by atoms with Gasteiger partial charge in [-0.15, -0.1) is 0 Å². The van der Waals surface area contributed by atoms with Crippen LogP contribution in [0.1, 0.15) is 55.8 Å². The largest absolute Gasteiger partial charge is 0.331 e. The van der Waals surface area contributed by atoms with Gasteiger partial charge in [0.05, 0.1) is 12.6 Å². The monoisotopic (exact) mass is 388 g/mol. The quantitative estimate of drug-likeness (QED) is 0.670. The van der Waals surface area contributed by atoms with Crippen LogP contribution in [0.4, 0.5) is 0 Å². The van der Waals surface area contributed by atoms with Gasteiger partial charge in [-0.1, -0.05) is 56.3 Å². The van der Waals surface area contributed by atoms with Crippen molar-refractivity contribution in [3.05, 3.63) is 81.6 Å². The summed E-state index contributed by atoms with van der Waals surface area (Å²) in [4.78, 5) is 30.9. The van der Waals surface area contributed by atoms with Crippen molar-refractivity contribution >= 4 is 16.8 Å². The van der Waals surface area contributed by atoms with Crippen molar-refractivity contribution in [3.63, 3.8) is 0 Å². The number of nitrogens with zero attached hydrogens (tertiary/aromatic N) is 1. The zero-order valence-electron chi connectivity index (χ0n) is 17.2. The molecule has 1 unspecified atom stereocenters. The van der Waals surface area contributed by atoms with Gasteiger partial charge in [-0.2, -0.15) is 0 Å². The summed E-state index contributed by atoms with van der Waals surface area (Å²) in [5.74, 6) is 0.396. The van der Waals surface area contributed by atoms with E-state index in [-0.39, 0.29) is 23.4 Å². The number of nitrogens with one attached hydrogen (secondary N) is 1. The molecule has 3 aromatic rings. The van der Waals surface area contributed by atoms with E-state index in [0.29, 0.717) is 18.5 Å². The van der Waals surface area contributed by atoms with Gasteiger partial charge in [-0.25, -0.2) is 0 Å². The van der Waals surface area contributed by atoms with Gasteiger partial charge in [0.1, 0.15) is 0 Å². The predicted octanol–water partition coefficient (Wildman–Crippen LogP) is 4.98. The van der Waals surface area contributed by atoms with Gasteiger partial charge in [0, 0.05) is 17.5 Å². The molecule has 0 spiro atoms. The van der Waals surface area contributed by atoms with Crippen molar-refractivity contribution in [3.8, 4) is 0 Å². The van der Waals surface area contributed by atoms with Crippen LogP contribution in [0.2, 0.25) is 0 Å². The van der Waals surface area contributed by atoms with Crippen LogP contribution >= 0.6 is 0 Å². The second kappa shape index (κ2) is 8.24. The van der Waals surface area contributed by atoms with Gasteiger partial charge >= 0.3 is 0 Å². The Hall–Kier alpha value is -2.88. The second-order valence-electron chi connectivity index (χ2n) is 8.44. The van der Waals surface area contributed by atoms with E-state index < -0.39 is 0 Å². The number of aromatic amines is 1. The Balaban J connectivity index is 1.74. The summed E-state index contributed by atoms with van der Waals surface area (Å²) >= 11 is 0. The number of amides is 1. The highest BCUT2D eigenvalue weighted by Gasteiger charge is 2.30. The molecule has 1 aromatic heterocycles. The lowest BCUT2D eigenvalue weighted by molar-refractivity contribution is -0.135. The lowest BCUT2D eigenvalue weighted by atomic mass is 9.86. The molecule has 4 heteroatoms. The van der Waals surface area contributed by atoms with Crippen LogP contribution in [0.3, 0.4) is 0 Å². The Bertz CT molecular complexity index is 1080. The molecule has 1 aliphatic rings. The average Bonchev–Trinajstić information content (AvgIpc) is 2.71. The van der Waals surface area contributed by atoms with E-state index in [9.17, 15) is 9.59 Å². The molecule has 2 aromatic carbocycles. The molecule has 1 N–H and O–H groups in total. The van der Waals surface area contributed by atoms with Crippen LogP contribution in [-0.2, 0) is 17.8 Å². The summed E-state index contributed by atoms with van der Waals surface area (Å²) in [6.45, 7) is 4.46. The number of carbonyl (C=O) groups excluding carboxylic acids is 1. The number of rotatable bonds is 5. The average molecular weight is 389 g/mol. The molecule has 1 amide bonds. The van der Waals surface area contributed by atoms with Crippen molar-refractivity contribution in [1.29, 1.82) is 0 Å². The third-order valence-corrected chi connectivity index (χ3v) is 5.79. The first-order valence-electron chi connectivity index (χ1n) is 10.5. The topological polar surface area (TPSA) is 53.2 Å². The minimum atomic E-state index is -0.116. The Morgan fingerprint density at radius 1 is 1.14 bits per heavy atom. The van der Waals surface area contributed by atoms with Gasteiger partial charge < -0.3 is 9.88 Å². The number of para-hydroxylation sites is 1.